The molecule has 0 fully saturated rings. The van der Waals surface area contributed by atoms with Gasteiger partial charge in [0, 0.05) is 19.6 Å². The van der Waals surface area contributed by atoms with E-state index in [4.69, 9.17) is 30.3 Å². The SMILES string of the molecule is O=C([O-])O.OCCN(CCO)CCO.[Na+]. The Balaban J connectivity index is -0.000000249. The molecule has 0 aromatic heterocycles. The molecule has 15 heavy (non-hydrogen) atoms. The van der Waals surface area contributed by atoms with Crippen LogP contribution in [-0.2, 0) is 0 Å². The standard InChI is InChI=1S/C6H15NO3.CH2O3.Na/c8-4-1-7(2-5-9)3-6-10;2-1(3)4;/h8-10H,1-6H2;(H2,2,3,4);/q;;+1/p-1. The maximum atomic E-state index is 8.48. The number of aliphatic hydroxyl groups is 3. The van der Waals surface area contributed by atoms with Crippen LogP contribution in [0.25, 0.3) is 0 Å². The molecule has 0 aromatic carbocycles. The first-order chi connectivity index (χ1) is 6.58. The number of carboxylic acid groups (broad SMARTS) is 2. The van der Waals surface area contributed by atoms with Crippen molar-refractivity contribution in [2.45, 2.75) is 0 Å². The van der Waals surface area contributed by atoms with Crippen LogP contribution < -0.4 is 34.7 Å². The molecular weight excluding hydrogens is 217 g/mol. The third-order valence-corrected chi connectivity index (χ3v) is 1.25. The van der Waals surface area contributed by atoms with Crippen molar-refractivity contribution >= 4 is 6.16 Å². The van der Waals surface area contributed by atoms with Gasteiger partial charge in [0.2, 0.25) is 6.16 Å². The first-order valence-electron chi connectivity index (χ1n) is 4.03. The van der Waals surface area contributed by atoms with Gasteiger partial charge in [0.15, 0.2) is 0 Å². The van der Waals surface area contributed by atoms with Gasteiger partial charge in [-0.25, -0.2) is 0 Å². The summed E-state index contributed by atoms with van der Waals surface area (Å²) >= 11 is 0. The molecule has 0 aromatic rings. The molecule has 0 amide bonds. The summed E-state index contributed by atoms with van der Waals surface area (Å²) in [6.07, 6.45) is -2.08. The quantitative estimate of drug-likeness (QED) is 0.337. The maximum Gasteiger partial charge on any atom is 1.00 e. The fourth-order valence-corrected chi connectivity index (χ4v) is 0.760. The summed E-state index contributed by atoms with van der Waals surface area (Å²) in [7, 11) is 0. The van der Waals surface area contributed by atoms with E-state index in [1.165, 1.54) is 0 Å². The molecule has 0 aliphatic rings. The van der Waals surface area contributed by atoms with E-state index in [0.717, 1.165) is 0 Å². The summed E-state index contributed by atoms with van der Waals surface area (Å²) in [6.45, 7) is 1.75. The zero-order valence-corrected chi connectivity index (χ0v) is 10.8. The number of rotatable bonds is 6. The fraction of sp³-hybridized carbons (Fsp3) is 0.857. The van der Waals surface area contributed by atoms with Crippen molar-refractivity contribution in [3.8, 4) is 0 Å². The van der Waals surface area contributed by atoms with Crippen LogP contribution in [0.5, 0.6) is 0 Å². The Morgan fingerprint density at radius 1 is 1.00 bits per heavy atom. The van der Waals surface area contributed by atoms with Crippen LogP contribution in [0.3, 0.4) is 0 Å². The van der Waals surface area contributed by atoms with Crippen LogP contribution in [0, 0.1) is 0 Å². The number of nitrogens with zero attached hydrogens (tertiary/aromatic N) is 1. The van der Waals surface area contributed by atoms with Gasteiger partial charge in [-0.2, -0.15) is 0 Å². The minimum atomic E-state index is -2.08. The predicted molar refractivity (Wildman–Crippen MR) is 45.7 cm³/mol. The van der Waals surface area contributed by atoms with E-state index < -0.39 is 6.16 Å². The Labute approximate surface area is 110 Å². The van der Waals surface area contributed by atoms with Gasteiger partial charge in [0.05, 0.1) is 19.8 Å². The average molecular weight is 233 g/mol. The molecule has 0 aliphatic carbocycles. The molecule has 0 radical (unpaired) electrons. The van der Waals surface area contributed by atoms with Crippen molar-refractivity contribution in [2.75, 3.05) is 39.5 Å². The van der Waals surface area contributed by atoms with Gasteiger partial charge in [-0.1, -0.05) is 0 Å². The van der Waals surface area contributed by atoms with Gasteiger partial charge in [0.25, 0.3) is 0 Å². The van der Waals surface area contributed by atoms with Gasteiger partial charge in [-0.15, -0.1) is 0 Å². The first-order valence-corrected chi connectivity index (χ1v) is 4.03. The molecule has 0 bridgehead atoms. The van der Waals surface area contributed by atoms with E-state index in [2.05, 4.69) is 0 Å². The van der Waals surface area contributed by atoms with Crippen LogP contribution in [0.15, 0.2) is 0 Å². The molecule has 4 N–H and O–H groups in total. The number of aliphatic hydroxyl groups excluding tert-OH is 3. The minimum absolute atomic E-state index is 0. The Kier molecular flexibility index (Phi) is 22.6. The molecule has 7 nitrogen and oxygen atoms in total. The van der Waals surface area contributed by atoms with Crippen molar-refractivity contribution in [3.05, 3.63) is 0 Å². The van der Waals surface area contributed by atoms with Crippen LogP contribution in [-0.4, -0.2) is 70.9 Å². The summed E-state index contributed by atoms with van der Waals surface area (Å²) in [5, 5.41) is 40.8. The van der Waals surface area contributed by atoms with Gasteiger partial charge in [-0.05, 0) is 0 Å². The summed E-state index contributed by atoms with van der Waals surface area (Å²) in [6, 6.07) is 0. The van der Waals surface area contributed by atoms with Crippen LogP contribution in [0.1, 0.15) is 0 Å². The fourth-order valence-electron chi connectivity index (χ4n) is 0.760. The molecule has 0 spiro atoms. The smallest absolute Gasteiger partial charge is 0.565 e. The summed E-state index contributed by atoms with van der Waals surface area (Å²) < 4.78 is 0. The number of carbonyl (C=O) groups is 1. The Morgan fingerprint density at radius 2 is 1.20 bits per heavy atom. The van der Waals surface area contributed by atoms with Crippen LogP contribution in [0.4, 0.5) is 4.79 Å². The molecular formula is C7H16NNaO6. The summed E-state index contributed by atoms with van der Waals surface area (Å²) in [5.74, 6) is 0. The van der Waals surface area contributed by atoms with Crippen molar-refractivity contribution < 1.29 is 59.9 Å². The molecule has 0 unspecified atom stereocenters. The second-order valence-corrected chi connectivity index (χ2v) is 2.28. The Bertz CT molecular complexity index is 118. The van der Waals surface area contributed by atoms with Crippen molar-refractivity contribution in [1.29, 1.82) is 0 Å². The summed E-state index contributed by atoms with van der Waals surface area (Å²) in [5.41, 5.74) is 0. The first kappa shape index (κ1) is 20.5. The van der Waals surface area contributed by atoms with E-state index in [0.29, 0.717) is 19.6 Å². The Morgan fingerprint density at radius 3 is 1.33 bits per heavy atom. The third kappa shape index (κ3) is 24.9. The van der Waals surface area contributed by atoms with Crippen LogP contribution >= 0.6 is 0 Å². The van der Waals surface area contributed by atoms with Gasteiger partial charge < -0.3 is 30.3 Å². The van der Waals surface area contributed by atoms with Crippen molar-refractivity contribution in [1.82, 2.24) is 4.90 Å². The van der Waals surface area contributed by atoms with E-state index in [1.54, 1.807) is 4.90 Å². The third-order valence-electron chi connectivity index (χ3n) is 1.25. The largest absolute Gasteiger partial charge is 1.00 e. The topological polar surface area (TPSA) is 124 Å². The normalized spacial score (nSPS) is 8.80. The van der Waals surface area contributed by atoms with Crippen molar-refractivity contribution in [3.63, 3.8) is 0 Å². The number of hydrogen-bond donors (Lipinski definition) is 4. The zero-order chi connectivity index (χ0) is 11.4. The Hall–Kier alpha value is 0.110. The van der Waals surface area contributed by atoms with Crippen molar-refractivity contribution in [2.24, 2.45) is 0 Å². The predicted octanol–water partition coefficient (Wildman–Crippen LogP) is -5.84. The van der Waals surface area contributed by atoms with E-state index in [1.807, 2.05) is 0 Å². The van der Waals surface area contributed by atoms with Crippen LogP contribution in [0.2, 0.25) is 0 Å². The zero-order valence-electron chi connectivity index (χ0n) is 8.80. The van der Waals surface area contributed by atoms with Gasteiger partial charge in [0.1, 0.15) is 0 Å². The monoisotopic (exact) mass is 233 g/mol. The molecule has 0 atom stereocenters. The van der Waals surface area contributed by atoms with Gasteiger partial charge >= 0.3 is 29.6 Å². The molecule has 0 saturated carbocycles. The maximum absolute atomic E-state index is 8.48. The second-order valence-electron chi connectivity index (χ2n) is 2.28. The number of hydrogen-bond acceptors (Lipinski definition) is 6. The average Bonchev–Trinajstić information content (AvgIpc) is 2.04. The molecule has 0 saturated heterocycles. The molecule has 0 aliphatic heterocycles. The molecule has 8 heteroatoms. The molecule has 0 heterocycles. The van der Waals surface area contributed by atoms with Gasteiger partial charge in [-0.3, -0.25) is 4.90 Å². The second kappa shape index (κ2) is 16.5. The van der Waals surface area contributed by atoms with E-state index >= 15 is 0 Å². The van der Waals surface area contributed by atoms with E-state index in [-0.39, 0.29) is 49.4 Å². The minimum Gasteiger partial charge on any atom is -0.565 e. The summed E-state index contributed by atoms with van der Waals surface area (Å²) in [4.78, 5) is 10.2. The molecule has 86 valence electrons. The molecule has 0 rings (SSSR count). The van der Waals surface area contributed by atoms with E-state index in [9.17, 15) is 0 Å².